The average molecular weight is 268 g/mol. The van der Waals surface area contributed by atoms with Crippen molar-refractivity contribution < 1.29 is 9.59 Å². The number of rotatable bonds is 0. The van der Waals surface area contributed by atoms with Crippen LogP contribution < -0.4 is 0 Å². The second-order valence-electron chi connectivity index (χ2n) is 7.22. The Balaban J connectivity index is 1.87. The lowest BCUT2D eigenvalue weighted by Gasteiger charge is -2.43. The summed E-state index contributed by atoms with van der Waals surface area (Å²) in [5.74, 6) is 1.01. The summed E-state index contributed by atoms with van der Waals surface area (Å²) in [6, 6.07) is 0. The quantitative estimate of drug-likeness (QED) is 0.631. The van der Waals surface area contributed by atoms with E-state index in [0.29, 0.717) is 18.8 Å². The number of allylic oxidation sites excluding steroid dienone is 6. The number of fused-ring (bicyclic) bond motifs is 5. The molecule has 0 spiro atoms. The van der Waals surface area contributed by atoms with Gasteiger partial charge in [-0.05, 0) is 44.9 Å². The van der Waals surface area contributed by atoms with Gasteiger partial charge in [-0.25, -0.2) is 0 Å². The third-order valence-electron chi connectivity index (χ3n) is 6.28. The SMILES string of the molecule is CC1=C(C)CC2=C(C1)C(=O)C1C3C=CC(C3)C1(C)C2=O. The standard InChI is InChI=1S/C18H20O2/c1-9-6-13-14(7-10(9)2)17(20)18(3)12-5-4-11(8-12)15(18)16(13)19/h4-5,11-12,15H,6-8H2,1-3H3. The topological polar surface area (TPSA) is 34.1 Å². The highest BCUT2D eigenvalue weighted by molar-refractivity contribution is 6.17. The van der Waals surface area contributed by atoms with E-state index in [-0.39, 0.29) is 23.4 Å². The molecule has 4 aliphatic rings. The fourth-order valence-corrected chi connectivity index (χ4v) is 4.88. The van der Waals surface area contributed by atoms with Crippen molar-refractivity contribution in [2.24, 2.45) is 23.2 Å². The predicted molar refractivity (Wildman–Crippen MR) is 77.0 cm³/mol. The van der Waals surface area contributed by atoms with Crippen molar-refractivity contribution in [2.45, 2.75) is 40.0 Å². The molecule has 1 saturated carbocycles. The van der Waals surface area contributed by atoms with Crippen LogP contribution >= 0.6 is 0 Å². The van der Waals surface area contributed by atoms with E-state index in [1.165, 1.54) is 11.1 Å². The van der Waals surface area contributed by atoms with Crippen molar-refractivity contribution in [1.82, 2.24) is 0 Å². The van der Waals surface area contributed by atoms with Crippen LogP contribution in [0, 0.1) is 23.2 Å². The van der Waals surface area contributed by atoms with Crippen molar-refractivity contribution in [3.05, 3.63) is 34.4 Å². The zero-order valence-corrected chi connectivity index (χ0v) is 12.3. The zero-order valence-electron chi connectivity index (χ0n) is 12.3. The van der Waals surface area contributed by atoms with E-state index in [0.717, 1.165) is 17.6 Å². The van der Waals surface area contributed by atoms with Crippen molar-refractivity contribution in [3.63, 3.8) is 0 Å². The Morgan fingerprint density at radius 1 is 1.05 bits per heavy atom. The van der Waals surface area contributed by atoms with Gasteiger partial charge in [0.1, 0.15) is 0 Å². The van der Waals surface area contributed by atoms with Gasteiger partial charge in [0.15, 0.2) is 11.6 Å². The molecule has 4 rings (SSSR count). The molecule has 0 N–H and O–H groups in total. The lowest BCUT2D eigenvalue weighted by atomic mass is 9.57. The van der Waals surface area contributed by atoms with Gasteiger partial charge < -0.3 is 0 Å². The van der Waals surface area contributed by atoms with Gasteiger partial charge in [-0.3, -0.25) is 9.59 Å². The highest BCUT2D eigenvalue weighted by atomic mass is 16.1. The molecule has 2 nitrogen and oxygen atoms in total. The monoisotopic (exact) mass is 268 g/mol. The lowest BCUT2D eigenvalue weighted by molar-refractivity contribution is -0.137. The number of hydrogen-bond donors (Lipinski definition) is 0. The molecule has 4 unspecified atom stereocenters. The van der Waals surface area contributed by atoms with Crippen LogP contribution in [0.1, 0.15) is 40.0 Å². The van der Waals surface area contributed by atoms with Gasteiger partial charge in [0, 0.05) is 22.5 Å². The Morgan fingerprint density at radius 2 is 1.70 bits per heavy atom. The summed E-state index contributed by atoms with van der Waals surface area (Å²) in [6.45, 7) is 6.22. The molecule has 0 saturated heterocycles. The average Bonchev–Trinajstić information content (AvgIpc) is 2.98. The van der Waals surface area contributed by atoms with Gasteiger partial charge in [-0.15, -0.1) is 0 Å². The van der Waals surface area contributed by atoms with E-state index in [2.05, 4.69) is 26.0 Å². The first kappa shape index (κ1) is 12.3. The van der Waals surface area contributed by atoms with Crippen LogP contribution in [0.15, 0.2) is 34.4 Å². The van der Waals surface area contributed by atoms with Crippen molar-refractivity contribution in [3.8, 4) is 0 Å². The summed E-state index contributed by atoms with van der Waals surface area (Å²) in [7, 11) is 0. The number of carbonyl (C=O) groups is 2. The largest absolute Gasteiger partial charge is 0.294 e. The Kier molecular flexibility index (Phi) is 2.22. The molecule has 0 aliphatic heterocycles. The van der Waals surface area contributed by atoms with Crippen LogP contribution in [-0.2, 0) is 9.59 Å². The van der Waals surface area contributed by atoms with E-state index < -0.39 is 5.41 Å². The lowest BCUT2D eigenvalue weighted by Crippen LogP contribution is -2.49. The van der Waals surface area contributed by atoms with Crippen LogP contribution in [0.5, 0.6) is 0 Å². The molecule has 2 heteroatoms. The van der Waals surface area contributed by atoms with Crippen molar-refractivity contribution >= 4 is 11.6 Å². The van der Waals surface area contributed by atoms with Crippen LogP contribution in [-0.4, -0.2) is 11.6 Å². The Bertz CT molecular complexity index is 646. The summed E-state index contributed by atoms with van der Waals surface area (Å²) >= 11 is 0. The van der Waals surface area contributed by atoms with Crippen LogP contribution in [0.25, 0.3) is 0 Å². The highest BCUT2D eigenvalue weighted by Gasteiger charge is 2.63. The van der Waals surface area contributed by atoms with E-state index in [1.54, 1.807) is 0 Å². The molecule has 20 heavy (non-hydrogen) atoms. The Morgan fingerprint density at radius 3 is 2.40 bits per heavy atom. The maximum Gasteiger partial charge on any atom is 0.166 e. The molecule has 0 radical (unpaired) electrons. The molecule has 4 aliphatic carbocycles. The minimum absolute atomic E-state index is 0.0880. The Hall–Kier alpha value is -1.44. The van der Waals surface area contributed by atoms with Gasteiger partial charge in [0.05, 0.1) is 0 Å². The fourth-order valence-electron chi connectivity index (χ4n) is 4.88. The number of carbonyl (C=O) groups excluding carboxylic acids is 2. The summed E-state index contributed by atoms with van der Waals surface area (Å²) in [4.78, 5) is 26.1. The van der Waals surface area contributed by atoms with Gasteiger partial charge in [0.2, 0.25) is 0 Å². The highest BCUT2D eigenvalue weighted by Crippen LogP contribution is 2.61. The summed E-state index contributed by atoms with van der Waals surface area (Å²) < 4.78 is 0. The second-order valence-corrected chi connectivity index (χ2v) is 7.22. The predicted octanol–water partition coefficient (Wildman–Crippen LogP) is 3.39. The first-order chi connectivity index (χ1) is 9.44. The summed E-state index contributed by atoms with van der Waals surface area (Å²) in [5, 5.41) is 0. The normalized spacial score (nSPS) is 42.5. The smallest absolute Gasteiger partial charge is 0.166 e. The molecule has 104 valence electrons. The molecular weight excluding hydrogens is 248 g/mol. The first-order valence-electron chi connectivity index (χ1n) is 7.59. The Labute approximate surface area is 119 Å². The number of hydrogen-bond acceptors (Lipinski definition) is 2. The third-order valence-corrected chi connectivity index (χ3v) is 6.28. The van der Waals surface area contributed by atoms with Crippen molar-refractivity contribution in [2.75, 3.05) is 0 Å². The van der Waals surface area contributed by atoms with Crippen LogP contribution in [0.3, 0.4) is 0 Å². The van der Waals surface area contributed by atoms with Gasteiger partial charge in [0.25, 0.3) is 0 Å². The fraction of sp³-hybridized carbons (Fsp3) is 0.556. The van der Waals surface area contributed by atoms with E-state index in [1.807, 2.05) is 6.92 Å². The van der Waals surface area contributed by atoms with Crippen LogP contribution in [0.4, 0.5) is 0 Å². The zero-order chi connectivity index (χ0) is 14.2. The van der Waals surface area contributed by atoms with E-state index in [9.17, 15) is 9.59 Å². The van der Waals surface area contributed by atoms with E-state index >= 15 is 0 Å². The molecule has 0 aromatic carbocycles. The van der Waals surface area contributed by atoms with E-state index in [4.69, 9.17) is 0 Å². The molecule has 0 aromatic rings. The maximum absolute atomic E-state index is 13.1. The molecule has 0 heterocycles. The van der Waals surface area contributed by atoms with Gasteiger partial charge >= 0.3 is 0 Å². The van der Waals surface area contributed by atoms with Gasteiger partial charge in [-0.2, -0.15) is 0 Å². The van der Waals surface area contributed by atoms with Crippen LogP contribution in [0.2, 0.25) is 0 Å². The third kappa shape index (κ3) is 1.21. The number of ketones is 2. The molecular formula is C18H20O2. The van der Waals surface area contributed by atoms with Gasteiger partial charge in [-0.1, -0.05) is 30.2 Å². The molecule has 0 aromatic heterocycles. The molecule has 1 fully saturated rings. The summed E-state index contributed by atoms with van der Waals surface area (Å²) in [5.41, 5.74) is 3.75. The molecule has 4 atom stereocenters. The first-order valence-corrected chi connectivity index (χ1v) is 7.59. The molecule has 2 bridgehead atoms. The number of Topliss-reactive ketones (excluding diaryl/α,β-unsaturated/α-hetero) is 2. The summed E-state index contributed by atoms with van der Waals surface area (Å²) in [6.07, 6.45) is 6.72. The minimum Gasteiger partial charge on any atom is -0.294 e. The maximum atomic E-state index is 13.1. The molecule has 0 amide bonds. The second kappa shape index (κ2) is 3.60. The minimum atomic E-state index is -0.457. The van der Waals surface area contributed by atoms with Crippen molar-refractivity contribution in [1.29, 1.82) is 0 Å².